The summed E-state index contributed by atoms with van der Waals surface area (Å²) in [5.41, 5.74) is 0.467. The van der Waals surface area contributed by atoms with Gasteiger partial charge in [0.25, 0.3) is 5.91 Å². The standard InChI is InChI=1S/C11H12BrFINO2/c1-17-6-8(5-12)15-11(16)9-3-2-7(13)4-10(9)14/h2-4,8H,5-6H2,1H3,(H,15,16). The van der Waals surface area contributed by atoms with E-state index in [0.717, 1.165) is 0 Å². The van der Waals surface area contributed by atoms with Crippen LogP contribution < -0.4 is 5.32 Å². The fourth-order valence-corrected chi connectivity index (χ4v) is 2.33. The molecule has 0 bridgehead atoms. The Kier molecular flexibility index (Phi) is 6.35. The fourth-order valence-electron chi connectivity index (χ4n) is 1.26. The third-order valence-electron chi connectivity index (χ3n) is 2.07. The smallest absolute Gasteiger partial charge is 0.252 e. The van der Waals surface area contributed by atoms with Crippen molar-refractivity contribution in [2.24, 2.45) is 0 Å². The highest BCUT2D eigenvalue weighted by Crippen LogP contribution is 2.14. The lowest BCUT2D eigenvalue weighted by molar-refractivity contribution is 0.0907. The lowest BCUT2D eigenvalue weighted by Crippen LogP contribution is -2.39. The topological polar surface area (TPSA) is 38.3 Å². The number of hydrogen-bond donors (Lipinski definition) is 1. The maximum Gasteiger partial charge on any atom is 0.252 e. The first kappa shape index (κ1) is 14.8. The molecule has 0 radical (unpaired) electrons. The van der Waals surface area contributed by atoms with Crippen LogP contribution in [0.1, 0.15) is 10.4 Å². The predicted molar refractivity (Wildman–Crippen MR) is 76.0 cm³/mol. The highest BCUT2D eigenvalue weighted by atomic mass is 127. The van der Waals surface area contributed by atoms with Crippen LogP contribution >= 0.6 is 38.5 Å². The third-order valence-corrected chi connectivity index (χ3v) is 3.74. The van der Waals surface area contributed by atoms with E-state index in [1.807, 2.05) is 22.6 Å². The van der Waals surface area contributed by atoms with Crippen molar-refractivity contribution in [1.82, 2.24) is 5.32 Å². The predicted octanol–water partition coefficient (Wildman–Crippen LogP) is 2.57. The van der Waals surface area contributed by atoms with Gasteiger partial charge in [0.1, 0.15) is 5.82 Å². The zero-order valence-electron chi connectivity index (χ0n) is 9.17. The van der Waals surface area contributed by atoms with Crippen LogP contribution in [0, 0.1) is 9.39 Å². The Balaban J connectivity index is 2.75. The minimum Gasteiger partial charge on any atom is -0.383 e. The molecule has 0 aromatic heterocycles. The Hall–Kier alpha value is -0.210. The molecule has 0 aliphatic rings. The molecule has 6 heteroatoms. The molecule has 1 rings (SSSR count). The second-order valence-corrected chi connectivity index (χ2v) is 5.21. The van der Waals surface area contributed by atoms with Crippen LogP contribution in [-0.4, -0.2) is 31.0 Å². The van der Waals surface area contributed by atoms with Gasteiger partial charge in [-0.15, -0.1) is 0 Å². The van der Waals surface area contributed by atoms with Gasteiger partial charge < -0.3 is 10.1 Å². The van der Waals surface area contributed by atoms with Crippen molar-refractivity contribution in [3.05, 3.63) is 33.1 Å². The number of hydrogen-bond acceptors (Lipinski definition) is 2. The number of ether oxygens (including phenoxy) is 1. The van der Waals surface area contributed by atoms with Crippen LogP contribution in [-0.2, 0) is 4.74 Å². The summed E-state index contributed by atoms with van der Waals surface area (Å²) >= 11 is 5.23. The van der Waals surface area contributed by atoms with Crippen molar-refractivity contribution >= 4 is 44.4 Å². The fraction of sp³-hybridized carbons (Fsp3) is 0.364. The number of rotatable bonds is 5. The molecule has 1 aromatic rings. The van der Waals surface area contributed by atoms with Crippen molar-refractivity contribution < 1.29 is 13.9 Å². The Morgan fingerprint density at radius 1 is 1.65 bits per heavy atom. The van der Waals surface area contributed by atoms with E-state index in [2.05, 4.69) is 21.2 Å². The molecule has 1 amide bonds. The third kappa shape index (κ3) is 4.51. The van der Waals surface area contributed by atoms with E-state index in [9.17, 15) is 9.18 Å². The summed E-state index contributed by atoms with van der Waals surface area (Å²) in [6, 6.07) is 3.98. The Morgan fingerprint density at radius 2 is 2.35 bits per heavy atom. The Bertz CT molecular complexity index is 403. The van der Waals surface area contributed by atoms with Crippen molar-refractivity contribution in [2.75, 3.05) is 19.0 Å². The highest BCUT2D eigenvalue weighted by Gasteiger charge is 2.15. The van der Waals surface area contributed by atoms with E-state index in [0.29, 0.717) is 21.1 Å². The molecule has 0 saturated carbocycles. The quantitative estimate of drug-likeness (QED) is 0.593. The Morgan fingerprint density at radius 3 is 2.88 bits per heavy atom. The van der Waals surface area contributed by atoms with Crippen molar-refractivity contribution in [1.29, 1.82) is 0 Å². The molecule has 0 aliphatic carbocycles. The molecular weight excluding hydrogens is 404 g/mol. The van der Waals surface area contributed by atoms with Gasteiger partial charge in [-0.05, 0) is 40.8 Å². The van der Waals surface area contributed by atoms with E-state index >= 15 is 0 Å². The van der Waals surface area contributed by atoms with E-state index < -0.39 is 0 Å². The molecule has 0 spiro atoms. The second kappa shape index (κ2) is 7.27. The van der Waals surface area contributed by atoms with E-state index in [-0.39, 0.29) is 17.8 Å². The van der Waals surface area contributed by atoms with Crippen LogP contribution in [0.5, 0.6) is 0 Å². The number of carbonyl (C=O) groups excluding carboxylic acids is 1. The number of amides is 1. The SMILES string of the molecule is COCC(CBr)NC(=O)c1ccc(F)cc1I. The molecule has 1 atom stereocenters. The first-order valence-corrected chi connectivity index (χ1v) is 7.09. The molecule has 0 heterocycles. The van der Waals surface area contributed by atoms with E-state index in [4.69, 9.17) is 4.74 Å². The summed E-state index contributed by atoms with van der Waals surface area (Å²) < 4.78 is 18.5. The average Bonchev–Trinajstić information content (AvgIpc) is 2.28. The van der Waals surface area contributed by atoms with Gasteiger partial charge in [0.15, 0.2) is 0 Å². The number of methoxy groups -OCH3 is 1. The lowest BCUT2D eigenvalue weighted by atomic mass is 10.2. The Labute approximate surface area is 121 Å². The number of nitrogens with one attached hydrogen (secondary N) is 1. The molecule has 1 aromatic carbocycles. The summed E-state index contributed by atoms with van der Waals surface area (Å²) in [6.07, 6.45) is 0. The first-order valence-electron chi connectivity index (χ1n) is 4.89. The van der Waals surface area contributed by atoms with Gasteiger partial charge >= 0.3 is 0 Å². The number of benzene rings is 1. The molecule has 3 nitrogen and oxygen atoms in total. The average molecular weight is 416 g/mol. The van der Waals surface area contributed by atoms with Crippen LogP contribution in [0.4, 0.5) is 4.39 Å². The second-order valence-electron chi connectivity index (χ2n) is 3.40. The lowest BCUT2D eigenvalue weighted by Gasteiger charge is -2.15. The van der Waals surface area contributed by atoms with Crippen LogP contribution in [0.25, 0.3) is 0 Å². The first-order chi connectivity index (χ1) is 8.08. The summed E-state index contributed by atoms with van der Waals surface area (Å²) in [7, 11) is 1.57. The zero-order chi connectivity index (χ0) is 12.8. The van der Waals surface area contributed by atoms with Crippen LogP contribution in [0.2, 0.25) is 0 Å². The molecule has 1 unspecified atom stereocenters. The maximum absolute atomic E-state index is 12.9. The van der Waals surface area contributed by atoms with Gasteiger partial charge in [-0.1, -0.05) is 15.9 Å². The summed E-state index contributed by atoms with van der Waals surface area (Å²) in [6.45, 7) is 0.425. The van der Waals surface area contributed by atoms with Crippen molar-refractivity contribution in [3.8, 4) is 0 Å². The minimum atomic E-state index is -0.347. The minimum absolute atomic E-state index is 0.103. The van der Waals surface area contributed by atoms with Gasteiger partial charge in [0, 0.05) is 16.0 Å². The van der Waals surface area contributed by atoms with Crippen molar-refractivity contribution in [3.63, 3.8) is 0 Å². The number of halogens is 3. The normalized spacial score (nSPS) is 12.2. The molecule has 17 heavy (non-hydrogen) atoms. The van der Waals surface area contributed by atoms with Crippen LogP contribution in [0.3, 0.4) is 0 Å². The summed E-state index contributed by atoms with van der Waals surface area (Å²) in [5, 5.41) is 3.41. The molecular formula is C11H12BrFINO2. The zero-order valence-corrected chi connectivity index (χ0v) is 12.9. The van der Waals surface area contributed by atoms with Gasteiger partial charge in [0.2, 0.25) is 0 Å². The van der Waals surface area contributed by atoms with Crippen molar-refractivity contribution in [2.45, 2.75) is 6.04 Å². The summed E-state index contributed by atoms with van der Waals surface area (Å²) in [4.78, 5) is 11.9. The van der Waals surface area contributed by atoms with Crippen LogP contribution in [0.15, 0.2) is 18.2 Å². The maximum atomic E-state index is 12.9. The number of carbonyl (C=O) groups is 1. The molecule has 0 aliphatic heterocycles. The molecule has 0 saturated heterocycles. The van der Waals surface area contributed by atoms with Gasteiger partial charge in [-0.25, -0.2) is 4.39 Å². The molecule has 1 N–H and O–H groups in total. The highest BCUT2D eigenvalue weighted by molar-refractivity contribution is 14.1. The largest absolute Gasteiger partial charge is 0.383 e. The van der Waals surface area contributed by atoms with Gasteiger partial charge in [-0.2, -0.15) is 0 Å². The van der Waals surface area contributed by atoms with Gasteiger partial charge in [-0.3, -0.25) is 4.79 Å². The molecule has 0 fully saturated rings. The molecule has 94 valence electrons. The summed E-state index contributed by atoms with van der Waals surface area (Å²) in [5.74, 6) is -0.573. The monoisotopic (exact) mass is 415 g/mol. The number of alkyl halides is 1. The van der Waals surface area contributed by atoms with E-state index in [1.54, 1.807) is 7.11 Å². The van der Waals surface area contributed by atoms with Gasteiger partial charge in [0.05, 0.1) is 18.2 Å². The van der Waals surface area contributed by atoms with E-state index in [1.165, 1.54) is 18.2 Å².